The van der Waals surface area contributed by atoms with Crippen LogP contribution in [0.3, 0.4) is 0 Å². The molecule has 5 heterocycles. The fourth-order valence-corrected chi connectivity index (χ4v) is 29.9. The lowest BCUT2D eigenvalue weighted by Gasteiger charge is -2.45. The number of allylic oxidation sites excluding steroid dienone is 10. The van der Waals surface area contributed by atoms with E-state index in [-0.39, 0.29) is 32.5 Å². The van der Waals surface area contributed by atoms with Crippen molar-refractivity contribution < 1.29 is 24.0 Å². The molecular weight excluding hydrogens is 1570 g/mol. The van der Waals surface area contributed by atoms with Crippen LogP contribution in [0.2, 0.25) is 0 Å². The Balaban J connectivity index is 0.000000107. The van der Waals surface area contributed by atoms with Gasteiger partial charge in [0.25, 0.3) is 0 Å². The first-order valence-corrected chi connectivity index (χ1v) is 49.0. The van der Waals surface area contributed by atoms with Crippen molar-refractivity contribution in [1.82, 2.24) is 24.9 Å². The Morgan fingerprint density at radius 2 is 0.533 bits per heavy atom. The zero-order valence-corrected chi connectivity index (χ0v) is 75.4. The van der Waals surface area contributed by atoms with E-state index in [9.17, 15) is 24.0 Å². The number of benzene rings is 5. The summed E-state index contributed by atoms with van der Waals surface area (Å²) in [6.45, 7) is 19.9. The number of rotatable bonds is 12. The van der Waals surface area contributed by atoms with Crippen LogP contribution in [-0.2, 0) is 83.2 Å². The first-order chi connectivity index (χ1) is 58.4. The molecule has 618 valence electrons. The largest absolute Gasteiger partial charge is 0.294 e. The molecular formula is C105H113N5O5S5. The molecule has 0 unspecified atom stereocenters. The van der Waals surface area contributed by atoms with Gasteiger partial charge >= 0.3 is 0 Å². The van der Waals surface area contributed by atoms with Crippen LogP contribution in [0.25, 0.3) is 0 Å². The third kappa shape index (κ3) is 14.1. The summed E-state index contributed by atoms with van der Waals surface area (Å²) in [6.07, 6.45) is 24.9. The van der Waals surface area contributed by atoms with Crippen molar-refractivity contribution in [3.05, 3.63) is 316 Å². The Labute approximate surface area is 729 Å². The molecule has 0 N–H and O–H groups in total. The maximum Gasteiger partial charge on any atom is 0.160 e. The van der Waals surface area contributed by atoms with E-state index in [4.69, 9.17) is 4.98 Å². The lowest BCUT2D eigenvalue weighted by molar-refractivity contribution is -0.119. The summed E-state index contributed by atoms with van der Waals surface area (Å²) in [5, 5.41) is 0. The molecule has 0 bridgehead atoms. The van der Waals surface area contributed by atoms with Crippen LogP contribution in [0, 0.1) is 29.1 Å². The van der Waals surface area contributed by atoms with Gasteiger partial charge in [0.2, 0.25) is 0 Å². The van der Waals surface area contributed by atoms with Gasteiger partial charge in [0, 0.05) is 116 Å². The highest BCUT2D eigenvalue weighted by atomic mass is 32.1. The van der Waals surface area contributed by atoms with Crippen molar-refractivity contribution in [2.24, 2.45) is 29.1 Å². The fourth-order valence-electron chi connectivity index (χ4n) is 24.4. The second kappa shape index (κ2) is 34.5. The highest BCUT2D eigenvalue weighted by Gasteiger charge is 2.56. The maximum absolute atomic E-state index is 13.6. The number of fused-ring (bicyclic) bond motifs is 5. The SMILES string of the molecule is CC[C@@H]1CC(=O)C2=C(Cc3ncsc3[C@@]2(CC)c2ccccc2)C1.CC[C@H]1CC(=O)C2=C(Cc3ncsc3[C@@]2(CC)c2ccccc2)C1.CC[C@]1(c2ccccc2)C2=C(Cc3ncsc31)CC1(CCCC1)CC2=O.CC[C@]1(c2ccccc2)C2=C(Cc3ncsc31)C[C@@H](C)CC2=O.CC[C@]1(c2ccccc2)C2=C(Cc3ncsc31)C[C@H](C)CC2=O. The topological polar surface area (TPSA) is 150 Å². The fraction of sp³-hybridized carbons (Fsp3) is 0.429. The van der Waals surface area contributed by atoms with Crippen LogP contribution in [0.15, 0.2) is 235 Å². The lowest BCUT2D eigenvalue weighted by Crippen LogP contribution is -2.42. The van der Waals surface area contributed by atoms with Gasteiger partial charge in [-0.25, -0.2) is 24.9 Å². The van der Waals surface area contributed by atoms with Gasteiger partial charge in [0.05, 0.1) is 83.1 Å². The smallest absolute Gasteiger partial charge is 0.160 e. The number of thiazole rings is 5. The van der Waals surface area contributed by atoms with E-state index in [0.29, 0.717) is 78.3 Å². The summed E-state index contributed by atoms with van der Waals surface area (Å²) >= 11 is 8.60. The Hall–Kier alpha value is -8.70. The third-order valence-electron chi connectivity index (χ3n) is 29.5. The van der Waals surface area contributed by atoms with Crippen molar-refractivity contribution in [2.75, 3.05) is 0 Å². The number of carbonyl (C=O) groups is 5. The molecule has 1 fully saturated rings. The molecule has 15 heteroatoms. The minimum atomic E-state index is -0.291. The molecule has 11 aliphatic carbocycles. The molecule has 0 radical (unpaired) electrons. The Kier molecular flexibility index (Phi) is 24.1. The van der Waals surface area contributed by atoms with Gasteiger partial charge in [-0.2, -0.15) is 0 Å². The van der Waals surface area contributed by atoms with Crippen LogP contribution >= 0.6 is 56.7 Å². The number of ketones is 5. The molecule has 10 nitrogen and oxygen atoms in total. The monoisotopic (exact) mass is 1680 g/mol. The van der Waals surface area contributed by atoms with E-state index >= 15 is 0 Å². The van der Waals surface area contributed by atoms with Crippen molar-refractivity contribution in [1.29, 1.82) is 0 Å². The molecule has 11 aliphatic rings. The van der Waals surface area contributed by atoms with Gasteiger partial charge < -0.3 is 0 Å². The summed E-state index contributed by atoms with van der Waals surface area (Å²) in [4.78, 5) is 95.9. The second-order valence-corrected chi connectivity index (χ2v) is 40.4. The highest BCUT2D eigenvalue weighted by Crippen LogP contribution is 2.61. The number of nitrogens with zero attached hydrogens (tertiary/aromatic N) is 5. The summed E-state index contributed by atoms with van der Waals surface area (Å²) in [5.41, 5.74) is 33.0. The Bertz CT molecular complexity index is 5420. The average Bonchev–Trinajstić information content (AvgIpc) is 1.40. The molecule has 1 spiro atoms. The van der Waals surface area contributed by atoms with E-state index < -0.39 is 0 Å². The van der Waals surface area contributed by atoms with Gasteiger partial charge in [0.15, 0.2) is 28.9 Å². The third-order valence-corrected chi connectivity index (χ3v) is 34.7. The summed E-state index contributed by atoms with van der Waals surface area (Å²) in [5.74, 6) is 3.76. The van der Waals surface area contributed by atoms with Gasteiger partial charge in [0.1, 0.15) is 0 Å². The first kappa shape index (κ1) is 83.6. The Morgan fingerprint density at radius 1 is 0.292 bits per heavy atom. The zero-order valence-electron chi connectivity index (χ0n) is 71.3. The summed E-state index contributed by atoms with van der Waals surface area (Å²) < 4.78 is 0. The number of aromatic nitrogens is 5. The average molecular weight is 1690 g/mol. The predicted octanol–water partition coefficient (Wildman–Crippen LogP) is 25.2. The molecule has 1 saturated carbocycles. The molecule has 9 atom stereocenters. The minimum Gasteiger partial charge on any atom is -0.294 e. The van der Waals surface area contributed by atoms with Crippen LogP contribution in [-0.4, -0.2) is 53.8 Å². The number of Topliss-reactive ketones (excluding diaryl/α,β-unsaturated/α-hetero) is 5. The van der Waals surface area contributed by atoms with Crippen LogP contribution in [0.5, 0.6) is 0 Å². The van der Waals surface area contributed by atoms with Gasteiger partial charge in [-0.3, -0.25) is 24.0 Å². The molecule has 10 aromatic rings. The van der Waals surface area contributed by atoms with E-state index in [0.717, 1.165) is 143 Å². The minimum absolute atomic E-state index is 0.250. The van der Waals surface area contributed by atoms with Crippen LogP contribution in [0.1, 0.15) is 278 Å². The number of hydrogen-bond acceptors (Lipinski definition) is 15. The molecule has 0 saturated heterocycles. The first-order valence-electron chi connectivity index (χ1n) is 44.6. The van der Waals surface area contributed by atoms with Crippen LogP contribution in [0.4, 0.5) is 0 Å². The van der Waals surface area contributed by atoms with E-state index in [2.05, 4.69) is 210 Å². The second-order valence-electron chi connectivity index (χ2n) is 36.1. The van der Waals surface area contributed by atoms with E-state index in [1.165, 1.54) is 134 Å². The van der Waals surface area contributed by atoms with Crippen molar-refractivity contribution in [3.8, 4) is 0 Å². The molecule has 5 aromatic carbocycles. The summed E-state index contributed by atoms with van der Waals surface area (Å²) in [6, 6.07) is 53.0. The van der Waals surface area contributed by atoms with E-state index in [1.54, 1.807) is 56.7 Å². The molecule has 5 aromatic heterocycles. The quantitative estimate of drug-likeness (QED) is 0.116. The lowest BCUT2D eigenvalue weighted by atomic mass is 9.58. The summed E-state index contributed by atoms with van der Waals surface area (Å²) in [7, 11) is 0. The zero-order chi connectivity index (χ0) is 83.3. The van der Waals surface area contributed by atoms with Gasteiger partial charge in [-0.05, 0) is 134 Å². The molecule has 0 amide bonds. The van der Waals surface area contributed by atoms with Crippen molar-refractivity contribution in [3.63, 3.8) is 0 Å². The maximum atomic E-state index is 13.6. The van der Waals surface area contributed by atoms with Crippen LogP contribution < -0.4 is 0 Å². The Morgan fingerprint density at radius 3 is 0.792 bits per heavy atom. The molecule has 21 rings (SSSR count). The van der Waals surface area contributed by atoms with Gasteiger partial charge in [-0.1, -0.05) is 268 Å². The standard InChI is InChI=1S/C23H25NOS.2C21H23NOS.2C20H21NOS/c1-2-23(17-8-4-3-5-9-17)20-16(12-18-21(23)26-15-24-18)13-22(14-19(20)25)10-6-7-11-22;2*1-3-14-10-15-12-17-20(24-13-22-17)21(4-2,19(15)18(23)11-14)16-8-6-5-7-9-16;2*1-3-20(15-7-5-4-6-8-15)18-14(9-13(2)10-17(18)22)11-16-19(20)23-12-21-16/h3-5,8-9,15H,2,6-7,10-14H2,1H3;2*5-9,13-14H,3-4,10-12H2,1-2H3;2*4-8,12-13H,3,9-11H2,1-2H3/t23-;14-,21+;14-,21-;13-,20+;13-,20-/m01010/s1. The predicted molar refractivity (Wildman–Crippen MR) is 490 cm³/mol. The molecule has 120 heavy (non-hydrogen) atoms. The van der Waals surface area contributed by atoms with E-state index in [1.807, 2.05) is 51.8 Å². The van der Waals surface area contributed by atoms with Crippen molar-refractivity contribution in [2.45, 2.75) is 256 Å². The molecule has 0 aliphatic heterocycles. The number of carbonyl (C=O) groups excluding carboxylic acids is 5. The van der Waals surface area contributed by atoms with Gasteiger partial charge in [-0.15, -0.1) is 56.7 Å². The normalized spacial score (nSPS) is 26.6. The van der Waals surface area contributed by atoms with Crippen molar-refractivity contribution >= 4 is 85.6 Å². The highest BCUT2D eigenvalue weighted by molar-refractivity contribution is 7.11. The number of hydrogen-bond donors (Lipinski definition) is 0.